The molecule has 0 aromatic heterocycles. The van der Waals surface area contributed by atoms with Crippen molar-refractivity contribution in [2.24, 2.45) is 5.41 Å². The van der Waals surface area contributed by atoms with E-state index in [-0.39, 0.29) is 22.8 Å². The Morgan fingerprint density at radius 2 is 1.70 bits per heavy atom. The van der Waals surface area contributed by atoms with Crippen molar-refractivity contribution in [3.05, 3.63) is 64.7 Å². The largest absolute Gasteiger partial charge is 0.508 e. The molecular weight excluding hydrogens is 410 g/mol. The van der Waals surface area contributed by atoms with Crippen molar-refractivity contribution in [2.45, 2.75) is 51.6 Å². The van der Waals surface area contributed by atoms with Crippen molar-refractivity contribution in [1.29, 1.82) is 0 Å². The number of benzene rings is 2. The number of aromatic hydroxyl groups is 1. The van der Waals surface area contributed by atoms with Crippen LogP contribution in [0, 0.1) is 5.41 Å². The molecule has 5 nitrogen and oxygen atoms in total. The van der Waals surface area contributed by atoms with E-state index in [1.54, 1.807) is 6.07 Å². The van der Waals surface area contributed by atoms with E-state index >= 15 is 0 Å². The molecule has 2 bridgehead atoms. The van der Waals surface area contributed by atoms with Crippen molar-refractivity contribution in [3.8, 4) is 5.75 Å². The zero-order valence-corrected chi connectivity index (χ0v) is 20.5. The first-order valence-corrected chi connectivity index (χ1v) is 12.3. The number of hydrogen-bond donors (Lipinski definition) is 1. The van der Waals surface area contributed by atoms with Gasteiger partial charge in [-0.2, -0.15) is 0 Å². The first-order chi connectivity index (χ1) is 15.7. The molecule has 5 heteroatoms. The molecular formula is C28H37N3O2. The van der Waals surface area contributed by atoms with E-state index in [2.05, 4.69) is 60.7 Å². The van der Waals surface area contributed by atoms with Gasteiger partial charge in [-0.3, -0.25) is 9.69 Å². The summed E-state index contributed by atoms with van der Waals surface area (Å²) in [4.78, 5) is 20.6. The summed E-state index contributed by atoms with van der Waals surface area (Å²) < 4.78 is 0. The average Bonchev–Trinajstić information content (AvgIpc) is 2.78. The van der Waals surface area contributed by atoms with Gasteiger partial charge in [-0.1, -0.05) is 45.0 Å². The second-order valence-electron chi connectivity index (χ2n) is 11.1. The Morgan fingerprint density at radius 3 is 2.39 bits per heavy atom. The lowest BCUT2D eigenvalue weighted by atomic mass is 9.51. The Kier molecular flexibility index (Phi) is 5.53. The fraction of sp³-hybridized carbons (Fsp3) is 0.536. The van der Waals surface area contributed by atoms with Crippen LogP contribution < -0.4 is 0 Å². The lowest BCUT2D eigenvalue weighted by Gasteiger charge is -2.60. The van der Waals surface area contributed by atoms with E-state index < -0.39 is 0 Å². The van der Waals surface area contributed by atoms with Crippen LogP contribution in [0.5, 0.6) is 5.75 Å². The van der Waals surface area contributed by atoms with Crippen molar-refractivity contribution >= 4 is 5.91 Å². The molecule has 2 aliphatic heterocycles. The molecule has 1 N–H and O–H groups in total. The maximum Gasteiger partial charge on any atom is 0.254 e. The highest BCUT2D eigenvalue weighted by Gasteiger charge is 2.57. The number of nitrogens with zero attached hydrogens (tertiary/aromatic N) is 3. The van der Waals surface area contributed by atoms with Crippen molar-refractivity contribution in [1.82, 2.24) is 14.7 Å². The fourth-order valence-electron chi connectivity index (χ4n) is 6.35. The fourth-order valence-corrected chi connectivity index (χ4v) is 6.35. The zero-order valence-electron chi connectivity index (χ0n) is 20.5. The predicted molar refractivity (Wildman–Crippen MR) is 132 cm³/mol. The van der Waals surface area contributed by atoms with E-state index in [0.717, 1.165) is 56.8 Å². The highest BCUT2D eigenvalue weighted by Crippen LogP contribution is 2.57. The second kappa shape index (κ2) is 8.14. The summed E-state index contributed by atoms with van der Waals surface area (Å²) in [5.41, 5.74) is 4.16. The van der Waals surface area contributed by atoms with Crippen LogP contribution >= 0.6 is 0 Å². The zero-order chi connectivity index (χ0) is 23.4. The number of amides is 1. The van der Waals surface area contributed by atoms with Gasteiger partial charge in [0.2, 0.25) is 0 Å². The van der Waals surface area contributed by atoms with Gasteiger partial charge in [-0.25, -0.2) is 0 Å². The molecule has 2 fully saturated rings. The summed E-state index contributed by atoms with van der Waals surface area (Å²) in [6.07, 6.45) is 1.61. The quantitative estimate of drug-likeness (QED) is 0.775. The molecule has 1 amide bonds. The molecule has 1 unspecified atom stereocenters. The van der Waals surface area contributed by atoms with Gasteiger partial charge in [0.1, 0.15) is 5.75 Å². The number of piperazine rings is 1. The number of carbonyl (C=O) groups is 1. The molecule has 2 heterocycles. The number of likely N-dealkylation sites (N-methyl/N-ethyl adjacent to an activating group) is 1. The summed E-state index contributed by atoms with van der Waals surface area (Å²) in [6.45, 7) is 13.0. The number of carbonyl (C=O) groups excluding carboxylic acids is 1. The molecule has 0 spiro atoms. The third kappa shape index (κ3) is 3.66. The first kappa shape index (κ1) is 22.4. The topological polar surface area (TPSA) is 47.0 Å². The van der Waals surface area contributed by atoms with Crippen molar-refractivity contribution < 1.29 is 9.90 Å². The van der Waals surface area contributed by atoms with Crippen LogP contribution in [0.25, 0.3) is 0 Å². The van der Waals surface area contributed by atoms with Crippen LogP contribution in [0.2, 0.25) is 0 Å². The predicted octanol–water partition coefficient (Wildman–Crippen LogP) is 3.89. The Balaban J connectivity index is 1.36. The van der Waals surface area contributed by atoms with Gasteiger partial charge in [0.05, 0.1) is 0 Å². The minimum absolute atomic E-state index is 0.0624. The minimum atomic E-state index is -0.0803. The Labute approximate surface area is 198 Å². The third-order valence-electron chi connectivity index (χ3n) is 9.09. The van der Waals surface area contributed by atoms with E-state index in [4.69, 9.17) is 0 Å². The third-order valence-corrected chi connectivity index (χ3v) is 9.09. The standard InChI is InChI=1S/C28H37N3O2/c1-27(2)25-18-22-23(6-5-7-24(22)32)28(27,3)12-13-31(25)26(33)21-10-8-20(9-11-21)19-30-16-14-29(4)15-17-30/h5-11,25,32H,12-19H2,1-4H3/t25-,28?/m1/s1. The summed E-state index contributed by atoms with van der Waals surface area (Å²) in [5, 5.41) is 10.6. The van der Waals surface area contributed by atoms with Crippen molar-refractivity contribution in [2.75, 3.05) is 39.8 Å². The number of piperidine rings is 1. The maximum absolute atomic E-state index is 13.7. The number of likely N-dealkylation sites (tertiary alicyclic amines) is 1. The van der Waals surface area contributed by atoms with Crippen LogP contribution in [0.4, 0.5) is 0 Å². The SMILES string of the molecule is CN1CCN(Cc2ccc(C(=O)N3CCC4(C)c5cccc(O)c5C[C@@H]3C4(C)C)cc2)CC1. The first-order valence-electron chi connectivity index (χ1n) is 12.3. The molecule has 176 valence electrons. The normalized spacial score (nSPS) is 27.3. The molecule has 2 aromatic carbocycles. The number of phenolic OH excluding ortho intramolecular Hbond substituents is 1. The van der Waals surface area contributed by atoms with Crippen LogP contribution in [-0.4, -0.2) is 71.5 Å². The minimum Gasteiger partial charge on any atom is -0.508 e. The van der Waals surface area contributed by atoms with E-state index in [9.17, 15) is 9.90 Å². The Morgan fingerprint density at radius 1 is 1.00 bits per heavy atom. The molecule has 2 aromatic rings. The Hall–Kier alpha value is -2.37. The molecule has 2 atom stereocenters. The molecule has 3 aliphatic rings. The molecule has 1 aliphatic carbocycles. The summed E-state index contributed by atoms with van der Waals surface area (Å²) in [6, 6.07) is 14.2. The Bertz CT molecular complexity index is 1040. The summed E-state index contributed by atoms with van der Waals surface area (Å²) in [7, 11) is 2.18. The number of hydrogen-bond acceptors (Lipinski definition) is 4. The number of rotatable bonds is 3. The van der Waals surface area contributed by atoms with Gasteiger partial charge in [0, 0.05) is 56.3 Å². The van der Waals surface area contributed by atoms with Gasteiger partial charge < -0.3 is 14.9 Å². The van der Waals surface area contributed by atoms with Gasteiger partial charge in [0.25, 0.3) is 5.91 Å². The molecule has 5 rings (SSSR count). The number of fused-ring (bicyclic) bond motifs is 4. The lowest BCUT2D eigenvalue weighted by molar-refractivity contribution is -0.0266. The monoisotopic (exact) mass is 447 g/mol. The highest BCUT2D eigenvalue weighted by atomic mass is 16.3. The average molecular weight is 448 g/mol. The summed E-state index contributed by atoms with van der Waals surface area (Å²) in [5.74, 6) is 0.474. The van der Waals surface area contributed by atoms with Crippen LogP contribution in [0.15, 0.2) is 42.5 Å². The van der Waals surface area contributed by atoms with E-state index in [0.29, 0.717) is 12.2 Å². The van der Waals surface area contributed by atoms with E-state index in [1.165, 1.54) is 11.1 Å². The number of phenols is 1. The highest BCUT2D eigenvalue weighted by molar-refractivity contribution is 5.94. The summed E-state index contributed by atoms with van der Waals surface area (Å²) >= 11 is 0. The van der Waals surface area contributed by atoms with Crippen molar-refractivity contribution in [3.63, 3.8) is 0 Å². The van der Waals surface area contributed by atoms with Crippen LogP contribution in [0.1, 0.15) is 54.2 Å². The molecule has 2 saturated heterocycles. The smallest absolute Gasteiger partial charge is 0.254 e. The lowest BCUT2D eigenvalue weighted by Crippen LogP contribution is -2.64. The second-order valence-corrected chi connectivity index (χ2v) is 11.1. The molecule has 0 radical (unpaired) electrons. The molecule has 0 saturated carbocycles. The van der Waals surface area contributed by atoms with Gasteiger partial charge in [0.15, 0.2) is 0 Å². The van der Waals surface area contributed by atoms with Gasteiger partial charge in [-0.05, 0) is 60.2 Å². The van der Waals surface area contributed by atoms with Gasteiger partial charge in [-0.15, -0.1) is 0 Å². The van der Waals surface area contributed by atoms with Crippen LogP contribution in [-0.2, 0) is 18.4 Å². The van der Waals surface area contributed by atoms with E-state index in [1.807, 2.05) is 18.2 Å². The molecule has 33 heavy (non-hydrogen) atoms. The van der Waals surface area contributed by atoms with Crippen LogP contribution in [0.3, 0.4) is 0 Å². The van der Waals surface area contributed by atoms with Gasteiger partial charge >= 0.3 is 0 Å². The maximum atomic E-state index is 13.7.